The number of nitriles is 1. The highest BCUT2D eigenvalue weighted by Gasteiger charge is 2.14. The molecule has 0 bridgehead atoms. The second-order valence-corrected chi connectivity index (χ2v) is 4.39. The molecule has 1 aromatic carbocycles. The van der Waals surface area contributed by atoms with Gasteiger partial charge in [0.2, 0.25) is 5.91 Å². The van der Waals surface area contributed by atoms with Crippen LogP contribution in [-0.4, -0.2) is 10.9 Å². The number of carbonyl (C=O) groups excluding carboxylic acids is 1. The molecular formula is C16H15N3O. The molecule has 0 aliphatic carbocycles. The summed E-state index contributed by atoms with van der Waals surface area (Å²) in [6, 6.07) is 17.1. The number of benzene rings is 1. The van der Waals surface area contributed by atoms with Crippen LogP contribution in [0.15, 0.2) is 54.7 Å². The van der Waals surface area contributed by atoms with Gasteiger partial charge in [0.1, 0.15) is 0 Å². The van der Waals surface area contributed by atoms with Crippen molar-refractivity contribution in [3.05, 3.63) is 66.0 Å². The summed E-state index contributed by atoms with van der Waals surface area (Å²) in [6.07, 6.45) is 1.84. The van der Waals surface area contributed by atoms with Crippen molar-refractivity contribution in [2.24, 2.45) is 0 Å². The number of amides is 1. The Kier molecular flexibility index (Phi) is 4.85. The fourth-order valence-corrected chi connectivity index (χ4v) is 1.87. The van der Waals surface area contributed by atoms with Crippen LogP contribution in [0.25, 0.3) is 0 Å². The van der Waals surface area contributed by atoms with Gasteiger partial charge in [-0.25, -0.2) is 0 Å². The second kappa shape index (κ2) is 7.05. The first kappa shape index (κ1) is 13.8. The van der Waals surface area contributed by atoms with Crippen LogP contribution in [0.3, 0.4) is 0 Å². The summed E-state index contributed by atoms with van der Waals surface area (Å²) in [4.78, 5) is 16.0. The monoisotopic (exact) mass is 265 g/mol. The summed E-state index contributed by atoms with van der Waals surface area (Å²) in [5.41, 5.74) is 1.66. The highest BCUT2D eigenvalue weighted by atomic mass is 16.1. The average molecular weight is 265 g/mol. The van der Waals surface area contributed by atoms with Crippen LogP contribution >= 0.6 is 0 Å². The minimum absolute atomic E-state index is 0.147. The summed E-state index contributed by atoms with van der Waals surface area (Å²) in [5.74, 6) is -0.564. The van der Waals surface area contributed by atoms with Crippen molar-refractivity contribution in [3.63, 3.8) is 0 Å². The molecule has 0 saturated heterocycles. The number of hydrogen-bond acceptors (Lipinski definition) is 3. The van der Waals surface area contributed by atoms with E-state index in [4.69, 9.17) is 0 Å². The molecule has 1 amide bonds. The minimum Gasteiger partial charge on any atom is -0.350 e. The third-order valence-corrected chi connectivity index (χ3v) is 2.94. The van der Waals surface area contributed by atoms with Crippen molar-refractivity contribution in [3.8, 4) is 6.07 Å². The van der Waals surface area contributed by atoms with Gasteiger partial charge in [-0.15, -0.1) is 0 Å². The molecule has 1 atom stereocenters. The van der Waals surface area contributed by atoms with Crippen molar-refractivity contribution in [1.29, 1.82) is 5.26 Å². The second-order valence-electron chi connectivity index (χ2n) is 4.39. The maximum atomic E-state index is 11.9. The Bertz CT molecular complexity index is 590. The SMILES string of the molecule is N#CC(CC(=O)NCc1ccccn1)c1ccccc1. The van der Waals surface area contributed by atoms with E-state index in [-0.39, 0.29) is 12.3 Å². The van der Waals surface area contributed by atoms with Gasteiger partial charge in [0.15, 0.2) is 0 Å². The molecule has 2 rings (SSSR count). The fraction of sp³-hybridized carbons (Fsp3) is 0.188. The van der Waals surface area contributed by atoms with Crippen LogP contribution < -0.4 is 5.32 Å². The minimum atomic E-state index is -0.417. The van der Waals surface area contributed by atoms with Gasteiger partial charge < -0.3 is 5.32 Å². The molecule has 0 fully saturated rings. The van der Waals surface area contributed by atoms with E-state index in [1.54, 1.807) is 6.20 Å². The van der Waals surface area contributed by atoms with E-state index in [0.29, 0.717) is 6.54 Å². The quantitative estimate of drug-likeness (QED) is 0.902. The molecule has 1 aromatic heterocycles. The molecule has 1 heterocycles. The van der Waals surface area contributed by atoms with Crippen LogP contribution in [0.2, 0.25) is 0 Å². The predicted molar refractivity (Wildman–Crippen MR) is 75.5 cm³/mol. The number of rotatable bonds is 5. The normalized spacial score (nSPS) is 11.3. The molecular weight excluding hydrogens is 250 g/mol. The summed E-state index contributed by atoms with van der Waals surface area (Å²) >= 11 is 0. The number of carbonyl (C=O) groups is 1. The summed E-state index contributed by atoms with van der Waals surface area (Å²) in [6.45, 7) is 0.382. The molecule has 4 nitrogen and oxygen atoms in total. The fourth-order valence-electron chi connectivity index (χ4n) is 1.87. The lowest BCUT2D eigenvalue weighted by Gasteiger charge is -2.09. The van der Waals surface area contributed by atoms with E-state index < -0.39 is 5.92 Å². The molecule has 100 valence electrons. The van der Waals surface area contributed by atoms with E-state index >= 15 is 0 Å². The Morgan fingerprint density at radius 2 is 1.95 bits per heavy atom. The highest BCUT2D eigenvalue weighted by Crippen LogP contribution is 2.18. The number of hydrogen-bond donors (Lipinski definition) is 1. The first-order valence-electron chi connectivity index (χ1n) is 6.41. The summed E-state index contributed by atoms with van der Waals surface area (Å²) < 4.78 is 0. The lowest BCUT2D eigenvalue weighted by molar-refractivity contribution is -0.121. The standard InChI is InChI=1S/C16H15N3O/c17-11-14(13-6-2-1-3-7-13)10-16(20)19-12-15-8-4-5-9-18-15/h1-9,14H,10,12H2,(H,19,20). The molecule has 0 spiro atoms. The molecule has 0 saturated carbocycles. The zero-order chi connectivity index (χ0) is 14.2. The van der Waals surface area contributed by atoms with Gasteiger partial charge in [-0.2, -0.15) is 5.26 Å². The van der Waals surface area contributed by atoms with Crippen molar-refractivity contribution in [2.45, 2.75) is 18.9 Å². The van der Waals surface area contributed by atoms with Gasteiger partial charge in [0.05, 0.1) is 24.2 Å². The van der Waals surface area contributed by atoms with E-state index in [9.17, 15) is 10.1 Å². The molecule has 0 aliphatic rings. The lowest BCUT2D eigenvalue weighted by atomic mass is 9.97. The largest absolute Gasteiger partial charge is 0.350 e. The number of aromatic nitrogens is 1. The van der Waals surface area contributed by atoms with Crippen molar-refractivity contribution in [1.82, 2.24) is 10.3 Å². The maximum absolute atomic E-state index is 11.9. The van der Waals surface area contributed by atoms with Gasteiger partial charge in [-0.3, -0.25) is 9.78 Å². The van der Waals surface area contributed by atoms with Crippen molar-refractivity contribution < 1.29 is 4.79 Å². The van der Waals surface area contributed by atoms with E-state index in [2.05, 4.69) is 16.4 Å². The third-order valence-electron chi connectivity index (χ3n) is 2.94. The molecule has 1 unspecified atom stereocenters. The zero-order valence-electron chi connectivity index (χ0n) is 11.0. The van der Waals surface area contributed by atoms with Gasteiger partial charge in [-0.05, 0) is 17.7 Å². The summed E-state index contributed by atoms with van der Waals surface area (Å²) in [5, 5.41) is 12.0. The van der Waals surface area contributed by atoms with Gasteiger partial charge in [0.25, 0.3) is 0 Å². The smallest absolute Gasteiger partial charge is 0.221 e. The highest BCUT2D eigenvalue weighted by molar-refractivity contribution is 5.77. The van der Waals surface area contributed by atoms with E-state index in [0.717, 1.165) is 11.3 Å². The summed E-state index contributed by atoms with van der Waals surface area (Å²) in [7, 11) is 0. The molecule has 0 aliphatic heterocycles. The van der Waals surface area contributed by atoms with Crippen LogP contribution in [0.1, 0.15) is 23.6 Å². The van der Waals surface area contributed by atoms with Crippen molar-refractivity contribution in [2.75, 3.05) is 0 Å². The Balaban J connectivity index is 1.89. The zero-order valence-corrected chi connectivity index (χ0v) is 11.0. The first-order valence-corrected chi connectivity index (χ1v) is 6.41. The topological polar surface area (TPSA) is 65.8 Å². The molecule has 4 heteroatoms. The molecule has 20 heavy (non-hydrogen) atoms. The number of nitrogens with one attached hydrogen (secondary N) is 1. The van der Waals surface area contributed by atoms with Crippen LogP contribution in [0, 0.1) is 11.3 Å². The predicted octanol–water partition coefficient (Wildman–Crippen LogP) is 2.40. The molecule has 2 aromatic rings. The Hall–Kier alpha value is -2.67. The first-order chi connectivity index (χ1) is 9.79. The lowest BCUT2D eigenvalue weighted by Crippen LogP contribution is -2.24. The van der Waals surface area contributed by atoms with E-state index in [1.807, 2.05) is 48.5 Å². The molecule has 1 N–H and O–H groups in total. The van der Waals surface area contributed by atoms with E-state index in [1.165, 1.54) is 0 Å². The van der Waals surface area contributed by atoms with Gasteiger partial charge in [0, 0.05) is 12.6 Å². The molecule has 0 radical (unpaired) electrons. The Labute approximate surface area is 118 Å². The number of pyridine rings is 1. The average Bonchev–Trinajstić information content (AvgIpc) is 2.52. The van der Waals surface area contributed by atoms with Crippen LogP contribution in [-0.2, 0) is 11.3 Å². The van der Waals surface area contributed by atoms with Gasteiger partial charge >= 0.3 is 0 Å². The maximum Gasteiger partial charge on any atom is 0.221 e. The van der Waals surface area contributed by atoms with Crippen molar-refractivity contribution >= 4 is 5.91 Å². The Morgan fingerprint density at radius 1 is 1.20 bits per heavy atom. The number of nitrogens with zero attached hydrogens (tertiary/aromatic N) is 2. The van der Waals surface area contributed by atoms with Gasteiger partial charge in [-0.1, -0.05) is 36.4 Å². The third kappa shape index (κ3) is 3.92. The van der Waals surface area contributed by atoms with Crippen LogP contribution in [0.5, 0.6) is 0 Å². The van der Waals surface area contributed by atoms with Crippen LogP contribution in [0.4, 0.5) is 0 Å². The Morgan fingerprint density at radius 3 is 2.60 bits per heavy atom.